The van der Waals surface area contributed by atoms with Crippen LogP contribution in [0.3, 0.4) is 0 Å². The standard InChI is InChI=1S/C20H23N5O2/c1-14-11-24(12-15(2)27-14)13-16-5-3-6-17(9-16)22-20(26)18-10-19-21-7-4-8-25(19)23-18/h3-10,14-15H,11-13H2,1-2H3,(H,22,26). The zero-order valence-electron chi connectivity index (χ0n) is 15.5. The van der Waals surface area contributed by atoms with E-state index in [9.17, 15) is 4.79 Å². The van der Waals surface area contributed by atoms with E-state index < -0.39 is 0 Å². The van der Waals surface area contributed by atoms with Gasteiger partial charge in [0.05, 0.1) is 12.2 Å². The Morgan fingerprint density at radius 2 is 2.04 bits per heavy atom. The lowest BCUT2D eigenvalue weighted by molar-refractivity contribution is -0.0704. The highest BCUT2D eigenvalue weighted by atomic mass is 16.5. The second-order valence-corrected chi connectivity index (χ2v) is 7.06. The third kappa shape index (κ3) is 4.15. The summed E-state index contributed by atoms with van der Waals surface area (Å²) in [5.74, 6) is -0.244. The molecule has 1 N–H and O–H groups in total. The van der Waals surface area contributed by atoms with Gasteiger partial charge in [-0.05, 0) is 37.6 Å². The minimum Gasteiger partial charge on any atom is -0.373 e. The fourth-order valence-corrected chi connectivity index (χ4v) is 3.56. The Bertz CT molecular complexity index is 911. The average molecular weight is 365 g/mol. The zero-order valence-corrected chi connectivity index (χ0v) is 15.5. The SMILES string of the molecule is CC1CN(Cc2cccc(NC(=O)c3cc4ncccn4n3)c2)CC(C)O1. The van der Waals surface area contributed by atoms with Crippen LogP contribution in [0.25, 0.3) is 5.65 Å². The van der Waals surface area contributed by atoms with Crippen molar-refractivity contribution in [3.8, 4) is 0 Å². The summed E-state index contributed by atoms with van der Waals surface area (Å²) in [6.45, 7) is 6.86. The van der Waals surface area contributed by atoms with Gasteiger partial charge in [0.15, 0.2) is 11.3 Å². The van der Waals surface area contributed by atoms with Crippen LogP contribution in [-0.4, -0.2) is 50.7 Å². The maximum Gasteiger partial charge on any atom is 0.276 e. The highest BCUT2D eigenvalue weighted by molar-refractivity contribution is 6.03. The molecule has 3 aromatic rings. The second kappa shape index (κ2) is 7.46. The number of nitrogens with zero attached hydrogens (tertiary/aromatic N) is 4. The van der Waals surface area contributed by atoms with Gasteiger partial charge in [-0.2, -0.15) is 5.10 Å². The fourth-order valence-electron chi connectivity index (χ4n) is 3.56. The highest BCUT2D eigenvalue weighted by Crippen LogP contribution is 2.17. The van der Waals surface area contributed by atoms with Gasteiger partial charge < -0.3 is 10.1 Å². The Hall–Kier alpha value is -2.77. The third-order valence-corrected chi connectivity index (χ3v) is 4.56. The number of benzene rings is 1. The fraction of sp³-hybridized carbons (Fsp3) is 0.350. The predicted octanol–water partition coefficient (Wildman–Crippen LogP) is 2.59. The molecule has 1 fully saturated rings. The van der Waals surface area contributed by atoms with Crippen molar-refractivity contribution >= 4 is 17.2 Å². The Balaban J connectivity index is 1.45. The molecular weight excluding hydrogens is 342 g/mol. The minimum absolute atomic E-state index is 0.236. The monoisotopic (exact) mass is 365 g/mol. The molecule has 2 unspecified atom stereocenters. The molecule has 1 aliphatic heterocycles. The first-order valence-corrected chi connectivity index (χ1v) is 9.15. The molecule has 140 valence electrons. The van der Waals surface area contributed by atoms with Gasteiger partial charge in [-0.3, -0.25) is 9.69 Å². The predicted molar refractivity (Wildman–Crippen MR) is 103 cm³/mol. The van der Waals surface area contributed by atoms with Crippen molar-refractivity contribution in [3.63, 3.8) is 0 Å². The Morgan fingerprint density at radius 3 is 2.81 bits per heavy atom. The van der Waals surface area contributed by atoms with Gasteiger partial charge in [0.2, 0.25) is 0 Å². The van der Waals surface area contributed by atoms with Crippen LogP contribution in [0.4, 0.5) is 5.69 Å². The quantitative estimate of drug-likeness (QED) is 0.769. The molecule has 7 heteroatoms. The smallest absolute Gasteiger partial charge is 0.276 e. The molecule has 1 aromatic carbocycles. The summed E-state index contributed by atoms with van der Waals surface area (Å²) >= 11 is 0. The first kappa shape index (κ1) is 17.6. The van der Waals surface area contributed by atoms with Gasteiger partial charge in [-0.1, -0.05) is 12.1 Å². The number of rotatable bonds is 4. The van der Waals surface area contributed by atoms with Gasteiger partial charge >= 0.3 is 0 Å². The van der Waals surface area contributed by atoms with Gasteiger partial charge in [0, 0.05) is 43.8 Å². The van der Waals surface area contributed by atoms with Crippen molar-refractivity contribution in [2.24, 2.45) is 0 Å². The molecule has 4 rings (SSSR count). The number of anilines is 1. The van der Waals surface area contributed by atoms with Crippen LogP contribution < -0.4 is 5.32 Å². The van der Waals surface area contributed by atoms with Crippen LogP contribution in [0.5, 0.6) is 0 Å². The maximum absolute atomic E-state index is 12.5. The number of amides is 1. The van der Waals surface area contributed by atoms with Crippen LogP contribution in [0, 0.1) is 0 Å². The number of fused-ring (bicyclic) bond motifs is 1. The number of ether oxygens (including phenoxy) is 1. The number of morpholine rings is 1. The topological polar surface area (TPSA) is 71.8 Å². The summed E-state index contributed by atoms with van der Waals surface area (Å²) in [5.41, 5.74) is 2.91. The van der Waals surface area contributed by atoms with E-state index in [0.29, 0.717) is 11.3 Å². The van der Waals surface area contributed by atoms with Crippen LogP contribution in [0.1, 0.15) is 29.9 Å². The number of nitrogens with one attached hydrogen (secondary N) is 1. The van der Waals surface area contributed by atoms with E-state index in [1.807, 2.05) is 18.2 Å². The molecule has 7 nitrogen and oxygen atoms in total. The van der Waals surface area contributed by atoms with Crippen molar-refractivity contribution in [1.29, 1.82) is 0 Å². The molecular formula is C20H23N5O2. The largest absolute Gasteiger partial charge is 0.373 e. The van der Waals surface area contributed by atoms with Gasteiger partial charge in [0.1, 0.15) is 0 Å². The molecule has 0 spiro atoms. The van der Waals surface area contributed by atoms with E-state index in [-0.39, 0.29) is 18.1 Å². The Morgan fingerprint density at radius 1 is 1.22 bits per heavy atom. The summed E-state index contributed by atoms with van der Waals surface area (Å²) in [4.78, 5) is 19.1. The van der Waals surface area contributed by atoms with Gasteiger partial charge in [0.25, 0.3) is 5.91 Å². The van der Waals surface area contributed by atoms with Crippen LogP contribution in [0.15, 0.2) is 48.8 Å². The summed E-state index contributed by atoms with van der Waals surface area (Å²) in [5, 5.41) is 7.19. The molecule has 1 saturated heterocycles. The van der Waals surface area contributed by atoms with Gasteiger partial charge in [-0.15, -0.1) is 0 Å². The Labute approximate surface area is 158 Å². The molecule has 2 aromatic heterocycles. The summed E-state index contributed by atoms with van der Waals surface area (Å²) in [6.07, 6.45) is 3.92. The summed E-state index contributed by atoms with van der Waals surface area (Å²) < 4.78 is 7.38. The second-order valence-electron chi connectivity index (χ2n) is 7.06. The molecule has 0 saturated carbocycles. The lowest BCUT2D eigenvalue weighted by Gasteiger charge is -2.35. The number of aromatic nitrogens is 3. The number of hydrogen-bond donors (Lipinski definition) is 1. The molecule has 1 amide bonds. The average Bonchev–Trinajstić information content (AvgIpc) is 3.05. The summed E-state index contributed by atoms with van der Waals surface area (Å²) in [7, 11) is 0. The van der Waals surface area contributed by atoms with Crippen molar-refractivity contribution in [1.82, 2.24) is 19.5 Å². The van der Waals surface area contributed by atoms with Crippen LogP contribution in [-0.2, 0) is 11.3 Å². The molecule has 0 radical (unpaired) electrons. The van der Waals surface area contributed by atoms with Gasteiger partial charge in [-0.25, -0.2) is 9.50 Å². The first-order chi connectivity index (χ1) is 13.1. The molecule has 27 heavy (non-hydrogen) atoms. The van der Waals surface area contributed by atoms with Crippen molar-refractivity contribution in [2.75, 3.05) is 18.4 Å². The van der Waals surface area contributed by atoms with E-state index >= 15 is 0 Å². The first-order valence-electron chi connectivity index (χ1n) is 9.15. The third-order valence-electron chi connectivity index (χ3n) is 4.56. The maximum atomic E-state index is 12.5. The molecule has 2 atom stereocenters. The van der Waals surface area contributed by atoms with Crippen molar-refractivity contribution in [2.45, 2.75) is 32.6 Å². The number of hydrogen-bond acceptors (Lipinski definition) is 5. The molecule has 1 aliphatic rings. The van der Waals surface area contributed by atoms with Crippen LogP contribution >= 0.6 is 0 Å². The van der Waals surface area contributed by atoms with Crippen molar-refractivity contribution in [3.05, 3.63) is 60.0 Å². The number of carbonyl (C=O) groups is 1. The normalized spacial score (nSPS) is 20.7. The van der Waals surface area contributed by atoms with E-state index in [2.05, 4.69) is 40.2 Å². The van der Waals surface area contributed by atoms with Crippen LogP contribution in [0.2, 0.25) is 0 Å². The summed E-state index contributed by atoms with van der Waals surface area (Å²) in [6, 6.07) is 11.4. The van der Waals surface area contributed by atoms with E-state index in [1.165, 1.54) is 0 Å². The molecule has 3 heterocycles. The highest BCUT2D eigenvalue weighted by Gasteiger charge is 2.22. The zero-order chi connectivity index (χ0) is 18.8. The van der Waals surface area contributed by atoms with E-state index in [4.69, 9.17) is 4.74 Å². The van der Waals surface area contributed by atoms with E-state index in [0.717, 1.165) is 30.9 Å². The number of carbonyl (C=O) groups excluding carboxylic acids is 1. The Kier molecular flexibility index (Phi) is 4.87. The lowest BCUT2D eigenvalue weighted by Crippen LogP contribution is -2.44. The minimum atomic E-state index is -0.244. The van der Waals surface area contributed by atoms with Crippen molar-refractivity contribution < 1.29 is 9.53 Å². The lowest BCUT2D eigenvalue weighted by atomic mass is 10.1. The molecule has 0 aliphatic carbocycles. The van der Waals surface area contributed by atoms with E-state index in [1.54, 1.807) is 29.0 Å². The molecule has 0 bridgehead atoms.